The molecule has 0 aromatic heterocycles. The zero-order valence-corrected chi connectivity index (χ0v) is 8.43. The van der Waals surface area contributed by atoms with E-state index >= 15 is 0 Å². The van der Waals surface area contributed by atoms with Crippen molar-refractivity contribution in [1.29, 1.82) is 0 Å². The van der Waals surface area contributed by atoms with Gasteiger partial charge in [0.25, 0.3) is 0 Å². The predicted octanol–water partition coefficient (Wildman–Crippen LogP) is 3.82. The second-order valence-electron chi connectivity index (χ2n) is 3.92. The summed E-state index contributed by atoms with van der Waals surface area (Å²) in [6, 6.07) is 8.80. The minimum atomic E-state index is 1.24. The van der Waals surface area contributed by atoms with Crippen molar-refractivity contribution >= 4 is 5.57 Å². The van der Waals surface area contributed by atoms with Crippen LogP contribution in [0.5, 0.6) is 0 Å². The van der Waals surface area contributed by atoms with Crippen LogP contribution in [0.15, 0.2) is 29.8 Å². The molecule has 1 aromatic carbocycles. The third-order valence-electron chi connectivity index (χ3n) is 3.06. The normalized spacial score (nSPS) is 16.8. The SMILES string of the molecule is CC1=C(C)c2ccccc2CCC1. The minimum absolute atomic E-state index is 1.24. The van der Waals surface area contributed by atoms with Crippen molar-refractivity contribution < 1.29 is 0 Å². The molecule has 0 saturated carbocycles. The van der Waals surface area contributed by atoms with Crippen LogP contribution in [0, 0.1) is 0 Å². The molecule has 0 saturated heterocycles. The highest BCUT2D eigenvalue weighted by Crippen LogP contribution is 2.29. The van der Waals surface area contributed by atoms with Gasteiger partial charge < -0.3 is 0 Å². The second-order valence-corrected chi connectivity index (χ2v) is 3.92. The van der Waals surface area contributed by atoms with E-state index in [9.17, 15) is 0 Å². The molecule has 1 aliphatic carbocycles. The molecule has 0 radical (unpaired) electrons. The first-order chi connectivity index (χ1) is 6.29. The first-order valence-corrected chi connectivity index (χ1v) is 5.03. The maximum absolute atomic E-state index is 2.26. The molecule has 0 aliphatic heterocycles. The predicted molar refractivity (Wildman–Crippen MR) is 57.6 cm³/mol. The van der Waals surface area contributed by atoms with Crippen LogP contribution < -0.4 is 0 Å². The molecule has 1 aliphatic rings. The van der Waals surface area contributed by atoms with Crippen LogP contribution in [0.25, 0.3) is 5.57 Å². The smallest absolute Gasteiger partial charge is 0.0196 e. The van der Waals surface area contributed by atoms with Gasteiger partial charge in [0, 0.05) is 0 Å². The Labute approximate surface area is 80.3 Å². The number of benzene rings is 1. The van der Waals surface area contributed by atoms with E-state index < -0.39 is 0 Å². The zero-order chi connectivity index (χ0) is 9.26. The summed E-state index contributed by atoms with van der Waals surface area (Å²) in [5.74, 6) is 0. The highest BCUT2D eigenvalue weighted by molar-refractivity contribution is 5.69. The summed E-state index contributed by atoms with van der Waals surface area (Å²) >= 11 is 0. The largest absolute Gasteiger partial charge is 0.0698 e. The number of rotatable bonds is 0. The molecule has 0 spiro atoms. The molecule has 0 atom stereocenters. The van der Waals surface area contributed by atoms with Crippen molar-refractivity contribution in [3.05, 3.63) is 41.0 Å². The third kappa shape index (κ3) is 1.53. The first-order valence-electron chi connectivity index (χ1n) is 5.03. The molecule has 0 heterocycles. The number of hydrogen-bond donors (Lipinski definition) is 0. The number of allylic oxidation sites excluding steroid dienone is 2. The number of hydrogen-bond acceptors (Lipinski definition) is 0. The van der Waals surface area contributed by atoms with Crippen molar-refractivity contribution in [2.45, 2.75) is 33.1 Å². The number of fused-ring (bicyclic) bond motifs is 1. The van der Waals surface area contributed by atoms with Crippen molar-refractivity contribution in [2.75, 3.05) is 0 Å². The van der Waals surface area contributed by atoms with E-state index in [0.29, 0.717) is 0 Å². The Balaban J connectivity index is 2.56. The van der Waals surface area contributed by atoms with Crippen LogP contribution in [0.4, 0.5) is 0 Å². The second kappa shape index (κ2) is 3.37. The molecule has 2 rings (SSSR count). The van der Waals surface area contributed by atoms with Gasteiger partial charge in [0.1, 0.15) is 0 Å². The fraction of sp³-hybridized carbons (Fsp3) is 0.385. The summed E-state index contributed by atoms with van der Waals surface area (Å²) in [5, 5.41) is 0. The average molecular weight is 172 g/mol. The van der Waals surface area contributed by atoms with Gasteiger partial charge in [-0.3, -0.25) is 0 Å². The summed E-state index contributed by atoms with van der Waals surface area (Å²) in [6.45, 7) is 4.51. The first kappa shape index (κ1) is 8.55. The van der Waals surface area contributed by atoms with E-state index in [4.69, 9.17) is 0 Å². The van der Waals surface area contributed by atoms with E-state index in [1.165, 1.54) is 36.0 Å². The number of aryl methyl sites for hydroxylation is 1. The van der Waals surface area contributed by atoms with E-state index in [1.807, 2.05) is 0 Å². The van der Waals surface area contributed by atoms with E-state index in [-0.39, 0.29) is 0 Å². The quantitative estimate of drug-likeness (QED) is 0.558. The standard InChI is InChI=1S/C13H16/c1-10-6-5-8-12-7-3-4-9-13(12)11(10)2/h3-4,7,9H,5-6,8H2,1-2H3. The molecule has 0 nitrogen and oxygen atoms in total. The van der Waals surface area contributed by atoms with Gasteiger partial charge >= 0.3 is 0 Å². The van der Waals surface area contributed by atoms with E-state index in [2.05, 4.69) is 38.1 Å². The summed E-state index contributed by atoms with van der Waals surface area (Å²) in [7, 11) is 0. The van der Waals surface area contributed by atoms with Gasteiger partial charge in [-0.2, -0.15) is 0 Å². The van der Waals surface area contributed by atoms with Crippen LogP contribution in [-0.4, -0.2) is 0 Å². The molecule has 0 unspecified atom stereocenters. The van der Waals surface area contributed by atoms with Crippen molar-refractivity contribution in [2.24, 2.45) is 0 Å². The fourth-order valence-corrected chi connectivity index (χ4v) is 2.07. The average Bonchev–Trinajstić information content (AvgIpc) is 2.29. The topological polar surface area (TPSA) is 0 Å². The summed E-state index contributed by atoms with van der Waals surface area (Å²) in [6.07, 6.45) is 3.81. The summed E-state index contributed by atoms with van der Waals surface area (Å²) < 4.78 is 0. The van der Waals surface area contributed by atoms with Crippen molar-refractivity contribution in [1.82, 2.24) is 0 Å². The van der Waals surface area contributed by atoms with Gasteiger partial charge in [-0.25, -0.2) is 0 Å². The lowest BCUT2D eigenvalue weighted by atomic mass is 9.99. The van der Waals surface area contributed by atoms with Crippen LogP contribution in [0.2, 0.25) is 0 Å². The fourth-order valence-electron chi connectivity index (χ4n) is 2.07. The molecule has 1 aromatic rings. The molecular weight excluding hydrogens is 156 g/mol. The Hall–Kier alpha value is -1.04. The Bertz CT molecular complexity index is 345. The van der Waals surface area contributed by atoms with Gasteiger partial charge in [0.05, 0.1) is 0 Å². The van der Waals surface area contributed by atoms with Gasteiger partial charge in [-0.15, -0.1) is 0 Å². The Kier molecular flexibility index (Phi) is 2.22. The molecule has 0 N–H and O–H groups in total. The molecule has 0 fully saturated rings. The third-order valence-corrected chi connectivity index (χ3v) is 3.06. The van der Waals surface area contributed by atoms with Crippen LogP contribution >= 0.6 is 0 Å². The van der Waals surface area contributed by atoms with Crippen LogP contribution in [-0.2, 0) is 6.42 Å². The van der Waals surface area contributed by atoms with Crippen molar-refractivity contribution in [3.8, 4) is 0 Å². The molecule has 0 bridgehead atoms. The lowest BCUT2D eigenvalue weighted by molar-refractivity contribution is 0.823. The Morgan fingerprint density at radius 1 is 1.00 bits per heavy atom. The van der Waals surface area contributed by atoms with Gasteiger partial charge in [0.2, 0.25) is 0 Å². The highest BCUT2D eigenvalue weighted by Gasteiger charge is 2.09. The molecule has 0 amide bonds. The monoisotopic (exact) mass is 172 g/mol. The van der Waals surface area contributed by atoms with Crippen LogP contribution in [0.3, 0.4) is 0 Å². The molecular formula is C13H16. The van der Waals surface area contributed by atoms with E-state index in [1.54, 1.807) is 5.57 Å². The maximum atomic E-state index is 2.26. The maximum Gasteiger partial charge on any atom is -0.0196 e. The van der Waals surface area contributed by atoms with E-state index in [0.717, 1.165) is 0 Å². The van der Waals surface area contributed by atoms with Gasteiger partial charge in [-0.1, -0.05) is 29.8 Å². The Morgan fingerprint density at radius 3 is 2.62 bits per heavy atom. The Morgan fingerprint density at radius 2 is 1.77 bits per heavy atom. The van der Waals surface area contributed by atoms with Crippen LogP contribution in [0.1, 0.15) is 37.8 Å². The molecule has 0 heteroatoms. The molecule has 68 valence electrons. The molecule has 13 heavy (non-hydrogen) atoms. The van der Waals surface area contributed by atoms with Gasteiger partial charge in [-0.05, 0) is 49.8 Å². The summed E-state index contributed by atoms with van der Waals surface area (Å²) in [4.78, 5) is 0. The zero-order valence-electron chi connectivity index (χ0n) is 8.43. The minimum Gasteiger partial charge on any atom is -0.0698 e. The lowest BCUT2D eigenvalue weighted by Gasteiger charge is -2.07. The summed E-state index contributed by atoms with van der Waals surface area (Å²) in [5.41, 5.74) is 6.05. The van der Waals surface area contributed by atoms with Crippen molar-refractivity contribution in [3.63, 3.8) is 0 Å². The lowest BCUT2D eigenvalue weighted by Crippen LogP contribution is -1.88. The van der Waals surface area contributed by atoms with Gasteiger partial charge in [0.15, 0.2) is 0 Å². The highest BCUT2D eigenvalue weighted by atomic mass is 14.1.